The maximum atomic E-state index is 5.49. The molecule has 6 nitrogen and oxygen atoms in total. The summed E-state index contributed by atoms with van der Waals surface area (Å²) in [5, 5.41) is 5.61. The number of imidazole rings is 1. The number of nitrogens with zero attached hydrogens (tertiary/aromatic N) is 6. The van der Waals surface area contributed by atoms with Crippen LogP contribution in [0.4, 0.5) is 0 Å². The van der Waals surface area contributed by atoms with E-state index in [1.165, 1.54) is 0 Å². The lowest BCUT2D eigenvalue weighted by atomic mass is 9.99. The summed E-state index contributed by atoms with van der Waals surface area (Å²) >= 11 is 0. The summed E-state index contributed by atoms with van der Waals surface area (Å²) in [6, 6.07) is 72.1. The number of pyridine rings is 1. The first kappa shape index (κ1) is 33.9. The maximum absolute atomic E-state index is 5.49. The van der Waals surface area contributed by atoms with Crippen molar-refractivity contribution in [3.05, 3.63) is 206 Å². The molecule has 12 aromatic rings. The Kier molecular flexibility index (Phi) is 7.74. The molecule has 6 heteroatoms. The van der Waals surface area contributed by atoms with Crippen LogP contribution in [0.3, 0.4) is 0 Å². The van der Waals surface area contributed by atoms with Crippen molar-refractivity contribution in [2.24, 2.45) is 0 Å². The molecule has 12 rings (SSSR count). The first-order valence-electron chi connectivity index (χ1n) is 20.2. The van der Waals surface area contributed by atoms with Gasteiger partial charge >= 0.3 is 0 Å². The Morgan fingerprint density at radius 1 is 0.300 bits per heavy atom. The fraction of sp³-hybridized carbons (Fsp3) is 0. The van der Waals surface area contributed by atoms with Gasteiger partial charge in [0.15, 0.2) is 11.6 Å². The summed E-state index contributed by atoms with van der Waals surface area (Å²) in [7, 11) is 0. The zero-order valence-electron chi connectivity index (χ0n) is 32.3. The zero-order valence-corrected chi connectivity index (χ0v) is 32.3. The summed E-state index contributed by atoms with van der Waals surface area (Å²) in [5.41, 5.74) is 11.3. The highest BCUT2D eigenvalue weighted by molar-refractivity contribution is 6.23. The van der Waals surface area contributed by atoms with Crippen LogP contribution in [0, 0.1) is 0 Å². The molecule has 0 fully saturated rings. The molecule has 0 bridgehead atoms. The minimum Gasteiger partial charge on any atom is -0.291 e. The Labute approximate surface area is 345 Å². The molecule has 8 aromatic carbocycles. The van der Waals surface area contributed by atoms with Crippen molar-refractivity contribution >= 4 is 49.0 Å². The van der Waals surface area contributed by atoms with E-state index in [2.05, 4.69) is 179 Å². The molecule has 0 aliphatic carbocycles. The predicted molar refractivity (Wildman–Crippen MR) is 245 cm³/mol. The van der Waals surface area contributed by atoms with E-state index in [1.807, 2.05) is 36.4 Å². The van der Waals surface area contributed by atoms with Crippen LogP contribution in [0.15, 0.2) is 206 Å². The first-order valence-corrected chi connectivity index (χ1v) is 20.2. The van der Waals surface area contributed by atoms with E-state index in [0.29, 0.717) is 17.6 Å². The average Bonchev–Trinajstić information content (AvgIpc) is 3.89. The fourth-order valence-corrected chi connectivity index (χ4v) is 8.78. The van der Waals surface area contributed by atoms with Crippen LogP contribution in [0.5, 0.6) is 0 Å². The van der Waals surface area contributed by atoms with Gasteiger partial charge in [-0.1, -0.05) is 182 Å². The van der Waals surface area contributed by atoms with E-state index in [0.717, 1.165) is 93.9 Å². The zero-order chi connectivity index (χ0) is 39.6. The van der Waals surface area contributed by atoms with Gasteiger partial charge < -0.3 is 0 Å². The monoisotopic (exact) mass is 766 g/mol. The van der Waals surface area contributed by atoms with E-state index in [-0.39, 0.29) is 0 Å². The summed E-state index contributed by atoms with van der Waals surface area (Å²) < 4.78 is 4.59. The van der Waals surface area contributed by atoms with Crippen molar-refractivity contribution in [3.8, 4) is 62.5 Å². The van der Waals surface area contributed by atoms with Gasteiger partial charge in [-0.25, -0.2) is 9.97 Å². The van der Waals surface area contributed by atoms with Crippen LogP contribution in [0.1, 0.15) is 0 Å². The highest BCUT2D eigenvalue weighted by atomic mass is 15.2. The van der Waals surface area contributed by atoms with E-state index >= 15 is 0 Å². The molecular weight excluding hydrogens is 733 g/mol. The van der Waals surface area contributed by atoms with Gasteiger partial charge in [0, 0.05) is 43.8 Å². The molecule has 0 saturated carbocycles. The second-order valence-electron chi connectivity index (χ2n) is 15.1. The summed E-state index contributed by atoms with van der Waals surface area (Å²) in [6.07, 6.45) is 0. The quantitative estimate of drug-likeness (QED) is 0.158. The van der Waals surface area contributed by atoms with Gasteiger partial charge in [-0.2, -0.15) is 9.97 Å². The first-order chi connectivity index (χ1) is 29.8. The van der Waals surface area contributed by atoms with Gasteiger partial charge in [0.1, 0.15) is 5.82 Å². The third-order valence-electron chi connectivity index (χ3n) is 11.5. The lowest BCUT2D eigenvalue weighted by Crippen LogP contribution is -2.06. The number of para-hydroxylation sites is 1. The van der Waals surface area contributed by atoms with Crippen molar-refractivity contribution in [2.45, 2.75) is 0 Å². The van der Waals surface area contributed by atoms with Crippen LogP contribution >= 0.6 is 0 Å². The summed E-state index contributed by atoms with van der Waals surface area (Å²) in [6.45, 7) is 0. The molecule has 0 unspecified atom stereocenters. The summed E-state index contributed by atoms with van der Waals surface area (Å²) in [4.78, 5) is 21.2. The number of hydrogen-bond acceptors (Lipinski definition) is 4. The highest BCUT2D eigenvalue weighted by Gasteiger charge is 2.24. The van der Waals surface area contributed by atoms with Crippen LogP contribution in [-0.2, 0) is 0 Å². The minimum atomic E-state index is 0.547. The van der Waals surface area contributed by atoms with Gasteiger partial charge in [-0.05, 0) is 40.8 Å². The Bertz CT molecular complexity index is 3500. The van der Waals surface area contributed by atoms with E-state index < -0.39 is 0 Å². The lowest BCUT2D eigenvalue weighted by molar-refractivity contribution is 0.954. The van der Waals surface area contributed by atoms with Gasteiger partial charge in [-0.3, -0.25) is 8.97 Å². The minimum absolute atomic E-state index is 0.547. The molecule has 4 heterocycles. The molecule has 0 atom stereocenters. The Balaban J connectivity index is 1.26. The third-order valence-corrected chi connectivity index (χ3v) is 11.5. The number of rotatable bonds is 6. The molecule has 0 spiro atoms. The van der Waals surface area contributed by atoms with Crippen LogP contribution in [0.2, 0.25) is 0 Å². The normalized spacial score (nSPS) is 11.7. The van der Waals surface area contributed by atoms with Crippen molar-refractivity contribution < 1.29 is 0 Å². The molecule has 0 aliphatic heterocycles. The average molecular weight is 767 g/mol. The number of hydrogen-bond donors (Lipinski definition) is 0. The van der Waals surface area contributed by atoms with Gasteiger partial charge in [0.05, 0.1) is 27.8 Å². The van der Waals surface area contributed by atoms with E-state index in [9.17, 15) is 0 Å². The molecule has 0 N–H and O–H groups in total. The van der Waals surface area contributed by atoms with E-state index in [1.54, 1.807) is 0 Å². The number of aromatic nitrogens is 6. The molecular formula is C54H34N6. The second-order valence-corrected chi connectivity index (χ2v) is 15.1. The fourth-order valence-electron chi connectivity index (χ4n) is 8.78. The van der Waals surface area contributed by atoms with Crippen molar-refractivity contribution in [1.82, 2.24) is 28.9 Å². The van der Waals surface area contributed by atoms with Crippen LogP contribution < -0.4 is 0 Å². The van der Waals surface area contributed by atoms with Crippen molar-refractivity contribution in [2.75, 3.05) is 0 Å². The molecule has 0 saturated heterocycles. The van der Waals surface area contributed by atoms with Crippen molar-refractivity contribution in [3.63, 3.8) is 0 Å². The molecule has 60 heavy (non-hydrogen) atoms. The molecule has 0 amide bonds. The van der Waals surface area contributed by atoms with Crippen LogP contribution in [0.25, 0.3) is 111 Å². The largest absolute Gasteiger partial charge is 0.291 e. The van der Waals surface area contributed by atoms with Gasteiger partial charge in [-0.15, -0.1) is 0 Å². The smallest absolute Gasteiger partial charge is 0.238 e. The molecule has 4 aromatic heterocycles. The Hall–Kier alpha value is -8.22. The molecule has 280 valence electrons. The standard InChI is InChI=1S/C54H34N6/c1-6-18-35(19-7-1)40-30-31-42-44-33-43-41-28-16-17-29-46(41)60-50(49(36-20-8-2-9-21-36)55-53(60)39-26-14-5-15-27-39)45(43)34-48(44)59(47(42)32-40)54-57-51(37-22-10-3-11-23-37)56-52(58-54)38-24-12-4-13-25-38/h1-34H. The second kappa shape index (κ2) is 13.7. The van der Waals surface area contributed by atoms with Gasteiger partial charge in [0.2, 0.25) is 5.95 Å². The van der Waals surface area contributed by atoms with Crippen molar-refractivity contribution in [1.29, 1.82) is 0 Å². The third kappa shape index (κ3) is 5.42. The van der Waals surface area contributed by atoms with Crippen LogP contribution in [-0.4, -0.2) is 28.9 Å². The summed E-state index contributed by atoms with van der Waals surface area (Å²) in [5.74, 6) is 2.66. The predicted octanol–water partition coefficient (Wildman–Crippen LogP) is 13.3. The van der Waals surface area contributed by atoms with Gasteiger partial charge in [0.25, 0.3) is 0 Å². The number of fused-ring (bicyclic) bond motifs is 9. The highest BCUT2D eigenvalue weighted by Crippen LogP contribution is 2.43. The lowest BCUT2D eigenvalue weighted by Gasteiger charge is -2.14. The molecule has 0 aliphatic rings. The topological polar surface area (TPSA) is 60.9 Å². The Morgan fingerprint density at radius 2 is 0.817 bits per heavy atom. The Morgan fingerprint density at radius 3 is 1.45 bits per heavy atom. The molecule has 0 radical (unpaired) electrons. The van der Waals surface area contributed by atoms with E-state index in [4.69, 9.17) is 19.9 Å². The maximum Gasteiger partial charge on any atom is 0.238 e. The SMILES string of the molecule is c1ccc(-c2ccc3c4cc5c6ccccc6n6c(-c7ccccc7)nc(-c7ccccc7)c6c5cc4n(-c4nc(-c5ccccc5)nc(-c5ccccc5)n4)c3c2)cc1. The number of benzene rings is 8.